The van der Waals surface area contributed by atoms with E-state index in [4.69, 9.17) is 26.7 Å². The lowest BCUT2D eigenvalue weighted by Gasteiger charge is -2.21. The molecule has 2 heterocycles. The molecule has 2 aromatic heterocycles. The first-order chi connectivity index (χ1) is 15.9. The SMILES string of the molecule is Cc1nn(-c2cccc(Cl)c2)c2nc(C3CCCCC3)nc(NCCNC(=O)CC(C)C)c12. The first-order valence-corrected chi connectivity index (χ1v) is 12.3. The van der Waals surface area contributed by atoms with Gasteiger partial charge in [0.2, 0.25) is 5.91 Å². The second-order valence-corrected chi connectivity index (χ2v) is 9.75. The molecule has 0 saturated heterocycles. The fraction of sp³-hybridized carbons (Fsp3) is 0.520. The fourth-order valence-corrected chi connectivity index (χ4v) is 4.67. The normalized spacial score (nSPS) is 14.7. The van der Waals surface area contributed by atoms with E-state index in [1.165, 1.54) is 19.3 Å². The van der Waals surface area contributed by atoms with Gasteiger partial charge in [0, 0.05) is 30.5 Å². The Morgan fingerprint density at radius 3 is 2.70 bits per heavy atom. The molecule has 1 fully saturated rings. The van der Waals surface area contributed by atoms with Crippen molar-refractivity contribution in [3.05, 3.63) is 40.8 Å². The first-order valence-electron chi connectivity index (χ1n) is 12.0. The minimum atomic E-state index is 0.0764. The number of benzene rings is 1. The van der Waals surface area contributed by atoms with E-state index in [0.29, 0.717) is 36.4 Å². The Morgan fingerprint density at radius 1 is 1.18 bits per heavy atom. The molecule has 0 atom stereocenters. The molecule has 1 saturated carbocycles. The third-order valence-corrected chi connectivity index (χ3v) is 6.31. The third kappa shape index (κ3) is 5.64. The predicted octanol–water partition coefficient (Wildman–Crippen LogP) is 5.40. The van der Waals surface area contributed by atoms with E-state index in [9.17, 15) is 4.79 Å². The number of fused-ring (bicyclic) bond motifs is 1. The van der Waals surface area contributed by atoms with E-state index in [2.05, 4.69) is 10.6 Å². The third-order valence-electron chi connectivity index (χ3n) is 6.08. The van der Waals surface area contributed by atoms with Gasteiger partial charge in [-0.25, -0.2) is 14.6 Å². The van der Waals surface area contributed by atoms with Crippen molar-refractivity contribution in [2.24, 2.45) is 5.92 Å². The minimum Gasteiger partial charge on any atom is -0.368 e. The number of aromatic nitrogens is 4. The Bertz CT molecular complexity index is 1120. The maximum atomic E-state index is 12.0. The average molecular weight is 469 g/mol. The van der Waals surface area contributed by atoms with E-state index in [0.717, 1.165) is 46.9 Å². The van der Waals surface area contributed by atoms with Gasteiger partial charge >= 0.3 is 0 Å². The highest BCUT2D eigenvalue weighted by molar-refractivity contribution is 6.30. The van der Waals surface area contributed by atoms with Gasteiger partial charge in [-0.15, -0.1) is 0 Å². The summed E-state index contributed by atoms with van der Waals surface area (Å²) in [5.41, 5.74) is 2.52. The summed E-state index contributed by atoms with van der Waals surface area (Å²) in [6.07, 6.45) is 6.46. The summed E-state index contributed by atoms with van der Waals surface area (Å²) in [6.45, 7) is 7.19. The Morgan fingerprint density at radius 2 is 1.97 bits per heavy atom. The lowest BCUT2D eigenvalue weighted by atomic mass is 9.88. The monoisotopic (exact) mass is 468 g/mol. The molecule has 0 spiro atoms. The number of carbonyl (C=O) groups is 1. The molecular formula is C25H33ClN6O. The zero-order valence-electron chi connectivity index (χ0n) is 19.7. The summed E-state index contributed by atoms with van der Waals surface area (Å²) in [4.78, 5) is 22.0. The molecule has 4 rings (SSSR count). The standard InChI is InChI=1S/C25H33ClN6O/c1-16(2)14-21(33)27-12-13-28-24-22-17(3)31-32(20-11-7-10-19(26)15-20)25(22)30-23(29-24)18-8-5-4-6-9-18/h7,10-11,15-16,18H,4-6,8-9,12-14H2,1-3H3,(H,27,33)(H,28,29,30). The Hall–Kier alpha value is -2.67. The van der Waals surface area contributed by atoms with E-state index >= 15 is 0 Å². The summed E-state index contributed by atoms with van der Waals surface area (Å²) in [5.74, 6) is 2.43. The van der Waals surface area contributed by atoms with Crippen molar-refractivity contribution in [2.75, 3.05) is 18.4 Å². The summed E-state index contributed by atoms with van der Waals surface area (Å²) >= 11 is 6.26. The molecule has 0 aliphatic heterocycles. The number of hydrogen-bond acceptors (Lipinski definition) is 5. The number of anilines is 1. The number of carbonyl (C=O) groups excluding carboxylic acids is 1. The van der Waals surface area contributed by atoms with Crippen molar-refractivity contribution < 1.29 is 4.79 Å². The van der Waals surface area contributed by atoms with E-state index < -0.39 is 0 Å². The van der Waals surface area contributed by atoms with Crippen LogP contribution in [0.15, 0.2) is 24.3 Å². The minimum absolute atomic E-state index is 0.0764. The first kappa shape index (κ1) is 23.5. The second kappa shape index (κ2) is 10.5. The number of halogens is 1. The van der Waals surface area contributed by atoms with Gasteiger partial charge in [0.25, 0.3) is 0 Å². The summed E-state index contributed by atoms with van der Waals surface area (Å²) in [6, 6.07) is 7.65. The molecule has 1 aliphatic carbocycles. The van der Waals surface area contributed by atoms with Gasteiger partial charge in [0.05, 0.1) is 16.8 Å². The number of amides is 1. The quantitative estimate of drug-likeness (QED) is 0.432. The molecule has 0 unspecified atom stereocenters. The molecule has 3 aromatic rings. The largest absolute Gasteiger partial charge is 0.368 e. The van der Waals surface area contributed by atoms with Gasteiger partial charge in [0.15, 0.2) is 5.65 Å². The molecule has 2 N–H and O–H groups in total. The van der Waals surface area contributed by atoms with Crippen LogP contribution in [0.5, 0.6) is 0 Å². The van der Waals surface area contributed by atoms with Gasteiger partial charge < -0.3 is 10.6 Å². The topological polar surface area (TPSA) is 84.7 Å². The van der Waals surface area contributed by atoms with Crippen molar-refractivity contribution in [3.63, 3.8) is 0 Å². The average Bonchev–Trinajstić information content (AvgIpc) is 3.13. The van der Waals surface area contributed by atoms with Gasteiger partial charge in [-0.2, -0.15) is 5.10 Å². The molecule has 33 heavy (non-hydrogen) atoms. The number of nitrogens with zero attached hydrogens (tertiary/aromatic N) is 4. The fourth-order valence-electron chi connectivity index (χ4n) is 4.48. The van der Waals surface area contributed by atoms with Gasteiger partial charge in [-0.1, -0.05) is 50.8 Å². The lowest BCUT2D eigenvalue weighted by Crippen LogP contribution is -2.29. The van der Waals surface area contributed by atoms with Crippen LogP contribution in [0, 0.1) is 12.8 Å². The number of nitrogens with one attached hydrogen (secondary N) is 2. The van der Waals surface area contributed by atoms with Crippen molar-refractivity contribution in [3.8, 4) is 5.69 Å². The Balaban J connectivity index is 1.66. The number of rotatable bonds is 8. The Kier molecular flexibility index (Phi) is 7.48. The molecule has 176 valence electrons. The molecule has 1 aromatic carbocycles. The molecule has 1 aliphatic rings. The summed E-state index contributed by atoms with van der Waals surface area (Å²) in [7, 11) is 0. The maximum absolute atomic E-state index is 12.0. The highest BCUT2D eigenvalue weighted by atomic mass is 35.5. The van der Waals surface area contributed by atoms with Crippen molar-refractivity contribution in [1.82, 2.24) is 25.1 Å². The number of aryl methyl sites for hydroxylation is 1. The van der Waals surface area contributed by atoms with Crippen LogP contribution in [0.2, 0.25) is 5.02 Å². The zero-order chi connectivity index (χ0) is 23.4. The van der Waals surface area contributed by atoms with Crippen molar-refractivity contribution in [1.29, 1.82) is 0 Å². The highest BCUT2D eigenvalue weighted by Crippen LogP contribution is 2.34. The summed E-state index contributed by atoms with van der Waals surface area (Å²) in [5, 5.41) is 12.8. The molecular weight excluding hydrogens is 436 g/mol. The molecule has 0 bridgehead atoms. The van der Waals surface area contributed by atoms with E-state index in [1.807, 2.05) is 49.7 Å². The zero-order valence-corrected chi connectivity index (χ0v) is 20.5. The van der Waals surface area contributed by atoms with Crippen LogP contribution in [0.4, 0.5) is 5.82 Å². The van der Waals surface area contributed by atoms with Crippen LogP contribution in [-0.2, 0) is 4.79 Å². The van der Waals surface area contributed by atoms with Gasteiger partial charge in [-0.05, 0) is 43.9 Å². The lowest BCUT2D eigenvalue weighted by molar-refractivity contribution is -0.121. The molecule has 1 amide bonds. The number of hydrogen-bond donors (Lipinski definition) is 2. The summed E-state index contributed by atoms with van der Waals surface area (Å²) < 4.78 is 1.86. The highest BCUT2D eigenvalue weighted by Gasteiger charge is 2.23. The predicted molar refractivity (Wildman–Crippen MR) is 133 cm³/mol. The van der Waals surface area contributed by atoms with Crippen molar-refractivity contribution >= 4 is 34.4 Å². The van der Waals surface area contributed by atoms with E-state index in [1.54, 1.807) is 0 Å². The van der Waals surface area contributed by atoms with Crippen LogP contribution < -0.4 is 10.6 Å². The van der Waals surface area contributed by atoms with Gasteiger partial charge in [-0.3, -0.25) is 4.79 Å². The molecule has 0 radical (unpaired) electrons. The van der Waals surface area contributed by atoms with E-state index in [-0.39, 0.29) is 5.91 Å². The van der Waals surface area contributed by atoms with Crippen LogP contribution in [0.1, 0.15) is 69.8 Å². The van der Waals surface area contributed by atoms with Crippen LogP contribution >= 0.6 is 11.6 Å². The molecule has 7 nitrogen and oxygen atoms in total. The van der Waals surface area contributed by atoms with Crippen LogP contribution in [-0.4, -0.2) is 38.7 Å². The smallest absolute Gasteiger partial charge is 0.220 e. The van der Waals surface area contributed by atoms with Crippen molar-refractivity contribution in [2.45, 2.75) is 65.2 Å². The van der Waals surface area contributed by atoms with Crippen LogP contribution in [0.25, 0.3) is 16.7 Å². The second-order valence-electron chi connectivity index (χ2n) is 9.32. The maximum Gasteiger partial charge on any atom is 0.220 e. The van der Waals surface area contributed by atoms with Crippen LogP contribution in [0.3, 0.4) is 0 Å². The molecule has 8 heteroatoms. The van der Waals surface area contributed by atoms with Gasteiger partial charge in [0.1, 0.15) is 11.6 Å². The Labute approximate surface area is 200 Å².